The van der Waals surface area contributed by atoms with Crippen molar-refractivity contribution in [2.75, 3.05) is 0 Å². The van der Waals surface area contributed by atoms with Crippen LogP contribution >= 0.6 is 11.6 Å². The lowest BCUT2D eigenvalue weighted by Gasteiger charge is -2.12. The topological polar surface area (TPSA) is 68.0 Å². The van der Waals surface area contributed by atoms with Gasteiger partial charge >= 0.3 is 12.1 Å². The number of nitrogens with zero attached hydrogens (tertiary/aromatic N) is 3. The van der Waals surface area contributed by atoms with Crippen molar-refractivity contribution < 1.29 is 23.1 Å². The highest BCUT2D eigenvalue weighted by molar-refractivity contribution is 6.30. The molecule has 0 aliphatic heterocycles. The molecule has 4 rings (SSSR count). The lowest BCUT2D eigenvalue weighted by Crippen LogP contribution is -2.08. The molecular formula is C21H13ClF3N3O2. The van der Waals surface area contributed by atoms with Gasteiger partial charge in [0.2, 0.25) is 0 Å². The average Bonchev–Trinajstić information content (AvgIpc) is 3.04. The number of carboxylic acid groups (broad SMARTS) is 1. The Balaban J connectivity index is 2.00. The Kier molecular flexibility index (Phi) is 4.74. The standard InChI is InChI=1S/C21H13ClF3N3O2/c1-11-18-16(21(23,24)25)10-17(12-2-6-14(22)7-3-12)26-19(18)28(27-11)15-8-4-13(5-9-15)20(29)30/h2-10H,1H3,(H,29,30). The van der Waals surface area contributed by atoms with Crippen molar-refractivity contribution in [1.82, 2.24) is 14.8 Å². The lowest BCUT2D eigenvalue weighted by atomic mass is 10.1. The maximum atomic E-state index is 13.9. The maximum absolute atomic E-state index is 13.9. The third-order valence-corrected chi connectivity index (χ3v) is 4.87. The lowest BCUT2D eigenvalue weighted by molar-refractivity contribution is -0.136. The summed E-state index contributed by atoms with van der Waals surface area (Å²) in [4.78, 5) is 15.5. The van der Waals surface area contributed by atoms with Crippen LogP contribution in [0, 0.1) is 6.92 Å². The average molecular weight is 432 g/mol. The Morgan fingerprint density at radius 3 is 2.27 bits per heavy atom. The summed E-state index contributed by atoms with van der Waals surface area (Å²) in [6.45, 7) is 1.48. The van der Waals surface area contributed by atoms with Crippen molar-refractivity contribution in [2.24, 2.45) is 0 Å². The van der Waals surface area contributed by atoms with E-state index in [4.69, 9.17) is 16.7 Å². The quantitative estimate of drug-likeness (QED) is 0.447. The monoisotopic (exact) mass is 431 g/mol. The summed E-state index contributed by atoms with van der Waals surface area (Å²) >= 11 is 5.89. The van der Waals surface area contributed by atoms with Crippen molar-refractivity contribution in [3.63, 3.8) is 0 Å². The summed E-state index contributed by atoms with van der Waals surface area (Å²) < 4.78 is 42.9. The molecule has 5 nitrogen and oxygen atoms in total. The van der Waals surface area contributed by atoms with Crippen LogP contribution < -0.4 is 0 Å². The van der Waals surface area contributed by atoms with E-state index in [1.54, 1.807) is 24.3 Å². The van der Waals surface area contributed by atoms with Crippen LogP contribution in [0.4, 0.5) is 13.2 Å². The molecule has 0 saturated heterocycles. The predicted octanol–water partition coefficient (Wildman–Crippen LogP) is 5.77. The van der Waals surface area contributed by atoms with Gasteiger partial charge in [-0.2, -0.15) is 18.3 Å². The predicted molar refractivity (Wildman–Crippen MR) is 106 cm³/mol. The highest BCUT2D eigenvalue weighted by atomic mass is 35.5. The molecule has 2 heterocycles. The summed E-state index contributed by atoms with van der Waals surface area (Å²) in [6, 6.07) is 13.0. The van der Waals surface area contributed by atoms with Gasteiger partial charge in [-0.1, -0.05) is 23.7 Å². The van der Waals surface area contributed by atoms with Crippen molar-refractivity contribution in [2.45, 2.75) is 13.1 Å². The van der Waals surface area contributed by atoms with Gasteiger partial charge in [0.1, 0.15) is 0 Å². The van der Waals surface area contributed by atoms with E-state index < -0.39 is 17.7 Å². The summed E-state index contributed by atoms with van der Waals surface area (Å²) in [6.07, 6.45) is -4.62. The number of rotatable bonds is 3. The van der Waals surface area contributed by atoms with Gasteiger partial charge in [0.15, 0.2) is 5.65 Å². The molecule has 2 aromatic carbocycles. The Morgan fingerprint density at radius 2 is 1.70 bits per heavy atom. The third-order valence-electron chi connectivity index (χ3n) is 4.62. The molecule has 4 aromatic rings. The van der Waals surface area contributed by atoms with Crippen LogP contribution in [0.1, 0.15) is 21.6 Å². The van der Waals surface area contributed by atoms with Gasteiger partial charge in [0.05, 0.1) is 33.6 Å². The molecule has 1 N–H and O–H groups in total. The first-order valence-corrected chi connectivity index (χ1v) is 9.10. The largest absolute Gasteiger partial charge is 0.478 e. The highest BCUT2D eigenvalue weighted by Gasteiger charge is 2.35. The molecule has 9 heteroatoms. The fourth-order valence-corrected chi connectivity index (χ4v) is 3.33. The first kappa shape index (κ1) is 19.9. The number of carboxylic acids is 1. The molecule has 0 saturated carbocycles. The zero-order chi connectivity index (χ0) is 21.6. The SMILES string of the molecule is Cc1nn(-c2ccc(C(=O)O)cc2)c2nc(-c3ccc(Cl)cc3)cc(C(F)(F)F)c12. The first-order chi connectivity index (χ1) is 14.1. The van der Waals surface area contributed by atoms with Gasteiger partial charge in [-0.25, -0.2) is 14.5 Å². The highest BCUT2D eigenvalue weighted by Crippen LogP contribution is 2.38. The second-order valence-corrected chi connectivity index (χ2v) is 7.04. The number of carbonyl (C=O) groups is 1. The van der Waals surface area contributed by atoms with Crippen molar-refractivity contribution >= 4 is 28.6 Å². The normalized spacial score (nSPS) is 11.8. The van der Waals surface area contributed by atoms with E-state index in [-0.39, 0.29) is 28.0 Å². The molecule has 0 atom stereocenters. The summed E-state index contributed by atoms with van der Waals surface area (Å²) in [5.41, 5.74) is 0.381. The molecule has 0 spiro atoms. The van der Waals surface area contributed by atoms with Crippen LogP contribution in [-0.4, -0.2) is 25.8 Å². The van der Waals surface area contributed by atoms with Crippen LogP contribution in [0.5, 0.6) is 0 Å². The van der Waals surface area contributed by atoms with Crippen LogP contribution in [0.25, 0.3) is 28.0 Å². The van der Waals surface area contributed by atoms with Crippen LogP contribution in [0.3, 0.4) is 0 Å². The molecular weight excluding hydrogens is 419 g/mol. The van der Waals surface area contributed by atoms with E-state index in [0.29, 0.717) is 16.3 Å². The fraction of sp³-hybridized carbons (Fsp3) is 0.0952. The Hall–Kier alpha value is -3.39. The van der Waals surface area contributed by atoms with Gasteiger partial charge < -0.3 is 5.11 Å². The van der Waals surface area contributed by atoms with E-state index in [0.717, 1.165) is 6.07 Å². The van der Waals surface area contributed by atoms with E-state index >= 15 is 0 Å². The Bertz CT molecular complexity index is 1260. The molecule has 0 amide bonds. The number of hydrogen-bond acceptors (Lipinski definition) is 3. The van der Waals surface area contributed by atoms with Gasteiger partial charge in [0.25, 0.3) is 0 Å². The minimum atomic E-state index is -4.62. The Labute approximate surface area is 173 Å². The number of fused-ring (bicyclic) bond motifs is 1. The maximum Gasteiger partial charge on any atom is 0.417 e. The number of aromatic nitrogens is 3. The van der Waals surface area contributed by atoms with E-state index in [2.05, 4.69) is 10.1 Å². The second-order valence-electron chi connectivity index (χ2n) is 6.61. The van der Waals surface area contributed by atoms with E-state index in [9.17, 15) is 18.0 Å². The molecule has 0 unspecified atom stereocenters. The summed E-state index contributed by atoms with van der Waals surface area (Å²) in [5.74, 6) is -1.11. The van der Waals surface area contributed by atoms with Crippen molar-refractivity contribution in [3.05, 3.63) is 76.4 Å². The number of aryl methyl sites for hydroxylation is 1. The van der Waals surface area contributed by atoms with E-state index in [1.807, 2.05) is 0 Å². The fourth-order valence-electron chi connectivity index (χ4n) is 3.21. The summed E-state index contributed by atoms with van der Waals surface area (Å²) in [7, 11) is 0. The van der Waals surface area contributed by atoms with Crippen molar-refractivity contribution in [1.29, 1.82) is 0 Å². The first-order valence-electron chi connectivity index (χ1n) is 8.72. The van der Waals surface area contributed by atoms with E-state index in [1.165, 1.54) is 35.9 Å². The minimum absolute atomic E-state index is 0.0235. The number of aromatic carboxylic acids is 1. The van der Waals surface area contributed by atoms with Gasteiger partial charge in [0, 0.05) is 10.6 Å². The zero-order valence-electron chi connectivity index (χ0n) is 15.4. The van der Waals surface area contributed by atoms with Gasteiger partial charge in [-0.05, 0) is 49.4 Å². The summed E-state index contributed by atoms with van der Waals surface area (Å²) in [5, 5.41) is 13.6. The molecule has 0 aliphatic carbocycles. The van der Waals surface area contributed by atoms with Crippen molar-refractivity contribution in [3.8, 4) is 16.9 Å². The van der Waals surface area contributed by atoms with Crippen LogP contribution in [0.15, 0.2) is 54.6 Å². The Morgan fingerprint density at radius 1 is 1.07 bits per heavy atom. The van der Waals surface area contributed by atoms with Crippen LogP contribution in [0.2, 0.25) is 5.02 Å². The third kappa shape index (κ3) is 3.50. The molecule has 0 fully saturated rings. The molecule has 30 heavy (non-hydrogen) atoms. The smallest absolute Gasteiger partial charge is 0.417 e. The number of pyridine rings is 1. The molecule has 0 aliphatic rings. The number of halogens is 4. The molecule has 152 valence electrons. The van der Waals surface area contributed by atoms with Gasteiger partial charge in [-0.15, -0.1) is 0 Å². The van der Waals surface area contributed by atoms with Gasteiger partial charge in [-0.3, -0.25) is 0 Å². The molecule has 2 aromatic heterocycles. The number of hydrogen-bond donors (Lipinski definition) is 1. The molecule has 0 bridgehead atoms. The second kappa shape index (κ2) is 7.14. The minimum Gasteiger partial charge on any atom is -0.478 e. The van der Waals surface area contributed by atoms with Crippen LogP contribution in [-0.2, 0) is 6.18 Å². The number of benzene rings is 2. The molecule has 0 radical (unpaired) electrons. The number of alkyl halides is 3. The zero-order valence-corrected chi connectivity index (χ0v) is 16.2.